The van der Waals surface area contributed by atoms with Crippen molar-refractivity contribution in [2.45, 2.75) is 39.2 Å². The third-order valence-corrected chi connectivity index (χ3v) is 2.48. The van der Waals surface area contributed by atoms with E-state index in [0.717, 1.165) is 5.69 Å². The number of carbonyl (C=O) groups is 2. The first-order valence-electron chi connectivity index (χ1n) is 5.93. The molecule has 106 valence electrons. The lowest BCUT2D eigenvalue weighted by atomic mass is 9.92. The molecule has 0 radical (unpaired) electrons. The molecule has 0 bridgehead atoms. The number of hydrogen-bond acceptors (Lipinski definition) is 5. The first-order valence-corrected chi connectivity index (χ1v) is 5.93. The summed E-state index contributed by atoms with van der Waals surface area (Å²) in [6.45, 7) is 7.28. The Morgan fingerprint density at radius 1 is 1.47 bits per heavy atom. The van der Waals surface area contributed by atoms with Gasteiger partial charge in [0.1, 0.15) is 6.04 Å². The summed E-state index contributed by atoms with van der Waals surface area (Å²) < 4.78 is 4.99. The number of amides is 1. The minimum absolute atomic E-state index is 0.112. The molecule has 0 saturated carbocycles. The SMILES string of the molecule is C[C@@H](NCC(=O)Nc1cc(C(C)(C)C)no1)C(=O)O. The molecule has 0 aromatic carbocycles. The molecule has 19 heavy (non-hydrogen) atoms. The smallest absolute Gasteiger partial charge is 0.320 e. The molecule has 0 aliphatic heterocycles. The molecule has 0 spiro atoms. The van der Waals surface area contributed by atoms with E-state index in [1.807, 2.05) is 20.8 Å². The van der Waals surface area contributed by atoms with Gasteiger partial charge in [-0.3, -0.25) is 20.2 Å². The van der Waals surface area contributed by atoms with E-state index in [2.05, 4.69) is 15.8 Å². The van der Waals surface area contributed by atoms with E-state index in [1.165, 1.54) is 6.92 Å². The number of rotatable bonds is 5. The Morgan fingerprint density at radius 2 is 2.11 bits per heavy atom. The molecule has 0 unspecified atom stereocenters. The Hall–Kier alpha value is -1.89. The van der Waals surface area contributed by atoms with Gasteiger partial charge in [-0.15, -0.1) is 0 Å². The average Bonchev–Trinajstić information content (AvgIpc) is 2.73. The number of aromatic nitrogens is 1. The molecule has 0 saturated heterocycles. The number of carboxylic acids is 1. The standard InChI is InChI=1S/C12H19N3O4/c1-7(11(17)18)13-6-9(16)14-10-5-8(15-19-10)12(2,3)4/h5,7,13H,6H2,1-4H3,(H,14,16)(H,17,18)/t7-/m1/s1. The number of nitrogens with zero attached hydrogens (tertiary/aromatic N) is 1. The van der Waals surface area contributed by atoms with Gasteiger partial charge in [0.25, 0.3) is 0 Å². The van der Waals surface area contributed by atoms with Gasteiger partial charge >= 0.3 is 5.97 Å². The summed E-state index contributed by atoms with van der Waals surface area (Å²) in [7, 11) is 0. The molecule has 1 atom stereocenters. The Morgan fingerprint density at radius 3 is 2.58 bits per heavy atom. The zero-order valence-electron chi connectivity index (χ0n) is 11.5. The van der Waals surface area contributed by atoms with Gasteiger partial charge in [0.05, 0.1) is 12.2 Å². The summed E-state index contributed by atoms with van der Waals surface area (Å²) in [5, 5.41) is 17.6. The molecule has 1 rings (SSSR count). The van der Waals surface area contributed by atoms with Crippen molar-refractivity contribution in [1.82, 2.24) is 10.5 Å². The van der Waals surface area contributed by atoms with Crippen molar-refractivity contribution in [3.8, 4) is 0 Å². The summed E-state index contributed by atoms with van der Waals surface area (Å²) in [6, 6.07) is 0.865. The summed E-state index contributed by atoms with van der Waals surface area (Å²) in [5.74, 6) is -1.15. The molecule has 7 heteroatoms. The molecule has 1 heterocycles. The Labute approximate surface area is 111 Å². The summed E-state index contributed by atoms with van der Waals surface area (Å²) >= 11 is 0. The number of carboxylic acid groups (broad SMARTS) is 1. The maximum atomic E-state index is 11.5. The maximum absolute atomic E-state index is 11.5. The first kappa shape index (κ1) is 15.2. The lowest BCUT2D eigenvalue weighted by molar-refractivity contribution is -0.139. The monoisotopic (exact) mass is 269 g/mol. The van der Waals surface area contributed by atoms with Crippen LogP contribution in [0, 0.1) is 0 Å². The second kappa shape index (κ2) is 5.83. The van der Waals surface area contributed by atoms with Crippen LogP contribution in [-0.4, -0.2) is 34.7 Å². The van der Waals surface area contributed by atoms with E-state index in [-0.39, 0.29) is 23.8 Å². The van der Waals surface area contributed by atoms with E-state index in [4.69, 9.17) is 9.63 Å². The Balaban J connectivity index is 2.49. The zero-order chi connectivity index (χ0) is 14.6. The number of aliphatic carboxylic acids is 1. The van der Waals surface area contributed by atoms with Gasteiger partial charge < -0.3 is 9.63 Å². The van der Waals surface area contributed by atoms with Crippen LogP contribution in [0.1, 0.15) is 33.4 Å². The summed E-state index contributed by atoms with van der Waals surface area (Å²) in [4.78, 5) is 22.1. The highest BCUT2D eigenvalue weighted by molar-refractivity contribution is 5.91. The molecular formula is C12H19N3O4. The molecule has 1 aromatic rings. The maximum Gasteiger partial charge on any atom is 0.320 e. The fourth-order valence-corrected chi connectivity index (χ4v) is 1.20. The van der Waals surface area contributed by atoms with Gasteiger partial charge in [-0.05, 0) is 6.92 Å². The largest absolute Gasteiger partial charge is 0.480 e. The van der Waals surface area contributed by atoms with E-state index in [0.29, 0.717) is 0 Å². The summed E-state index contributed by atoms with van der Waals surface area (Å²) in [6.07, 6.45) is 0. The Kier molecular flexibility index (Phi) is 4.66. The number of hydrogen-bond donors (Lipinski definition) is 3. The van der Waals surface area contributed by atoms with E-state index in [9.17, 15) is 9.59 Å². The van der Waals surface area contributed by atoms with Crippen LogP contribution in [0.25, 0.3) is 0 Å². The Bertz CT molecular complexity index is 462. The molecule has 7 nitrogen and oxygen atoms in total. The third kappa shape index (κ3) is 4.70. The molecule has 0 aliphatic rings. The fourth-order valence-electron chi connectivity index (χ4n) is 1.20. The molecule has 1 aromatic heterocycles. The van der Waals surface area contributed by atoms with Crippen LogP contribution >= 0.6 is 0 Å². The van der Waals surface area contributed by atoms with E-state index < -0.39 is 12.0 Å². The van der Waals surface area contributed by atoms with Crippen molar-refractivity contribution in [2.75, 3.05) is 11.9 Å². The minimum atomic E-state index is -1.01. The van der Waals surface area contributed by atoms with Crippen molar-refractivity contribution in [3.05, 3.63) is 11.8 Å². The predicted octanol–water partition coefficient (Wildman–Crippen LogP) is 0.973. The van der Waals surface area contributed by atoms with Gasteiger partial charge in [0, 0.05) is 11.5 Å². The highest BCUT2D eigenvalue weighted by Crippen LogP contribution is 2.23. The van der Waals surface area contributed by atoms with Gasteiger partial charge in [-0.1, -0.05) is 25.9 Å². The second-order valence-electron chi connectivity index (χ2n) is 5.32. The van der Waals surface area contributed by atoms with Crippen LogP contribution < -0.4 is 10.6 Å². The van der Waals surface area contributed by atoms with Crippen molar-refractivity contribution in [3.63, 3.8) is 0 Å². The summed E-state index contributed by atoms with van der Waals surface area (Å²) in [5.41, 5.74) is 0.567. The van der Waals surface area contributed by atoms with E-state index >= 15 is 0 Å². The highest BCUT2D eigenvalue weighted by Gasteiger charge is 2.20. The van der Waals surface area contributed by atoms with Crippen LogP contribution in [-0.2, 0) is 15.0 Å². The van der Waals surface area contributed by atoms with Crippen molar-refractivity contribution in [1.29, 1.82) is 0 Å². The van der Waals surface area contributed by atoms with Gasteiger partial charge in [-0.25, -0.2) is 0 Å². The topological polar surface area (TPSA) is 104 Å². The normalized spacial score (nSPS) is 13.1. The van der Waals surface area contributed by atoms with Crippen molar-refractivity contribution >= 4 is 17.8 Å². The predicted molar refractivity (Wildman–Crippen MR) is 68.9 cm³/mol. The quantitative estimate of drug-likeness (QED) is 0.735. The third-order valence-electron chi connectivity index (χ3n) is 2.48. The molecule has 0 fully saturated rings. The van der Waals surface area contributed by atoms with Crippen molar-refractivity contribution < 1.29 is 19.2 Å². The first-order chi connectivity index (χ1) is 8.70. The second-order valence-corrected chi connectivity index (χ2v) is 5.32. The lowest BCUT2D eigenvalue weighted by Crippen LogP contribution is -2.39. The van der Waals surface area contributed by atoms with Crippen LogP contribution in [0.15, 0.2) is 10.6 Å². The lowest BCUT2D eigenvalue weighted by Gasteiger charge is -2.12. The van der Waals surface area contributed by atoms with Gasteiger partial charge in [0.15, 0.2) is 0 Å². The van der Waals surface area contributed by atoms with E-state index in [1.54, 1.807) is 6.07 Å². The van der Waals surface area contributed by atoms with Crippen LogP contribution in [0.4, 0.5) is 5.88 Å². The van der Waals surface area contributed by atoms with Crippen LogP contribution in [0.2, 0.25) is 0 Å². The number of carbonyl (C=O) groups excluding carboxylic acids is 1. The molecule has 3 N–H and O–H groups in total. The van der Waals surface area contributed by atoms with Crippen molar-refractivity contribution in [2.24, 2.45) is 0 Å². The molecular weight excluding hydrogens is 250 g/mol. The van der Waals surface area contributed by atoms with Gasteiger partial charge in [0.2, 0.25) is 11.8 Å². The zero-order valence-corrected chi connectivity index (χ0v) is 11.5. The minimum Gasteiger partial charge on any atom is -0.480 e. The van der Waals surface area contributed by atoms with Crippen LogP contribution in [0.3, 0.4) is 0 Å². The number of anilines is 1. The molecule has 0 aliphatic carbocycles. The fraction of sp³-hybridized carbons (Fsp3) is 0.583. The van der Waals surface area contributed by atoms with Crippen LogP contribution in [0.5, 0.6) is 0 Å². The molecule has 1 amide bonds. The van der Waals surface area contributed by atoms with Gasteiger partial charge in [-0.2, -0.15) is 0 Å². The highest BCUT2D eigenvalue weighted by atomic mass is 16.5. The average molecular weight is 269 g/mol. The number of nitrogens with one attached hydrogen (secondary N) is 2.